The molecule has 8 heteroatoms. The first kappa shape index (κ1) is 24.5. The molecule has 2 heterocycles. The smallest absolute Gasteiger partial charge is 0.243 e. The second kappa shape index (κ2) is 10.4. The summed E-state index contributed by atoms with van der Waals surface area (Å²) in [7, 11) is -3.61. The van der Waals surface area contributed by atoms with E-state index in [1.54, 1.807) is 12.1 Å². The van der Waals surface area contributed by atoms with E-state index < -0.39 is 10.0 Å². The minimum atomic E-state index is -3.61. The zero-order valence-electron chi connectivity index (χ0n) is 20.2. The van der Waals surface area contributed by atoms with Gasteiger partial charge in [-0.1, -0.05) is 42.5 Å². The van der Waals surface area contributed by atoms with Crippen molar-refractivity contribution in [1.82, 2.24) is 9.21 Å². The molecule has 0 radical (unpaired) electrons. The van der Waals surface area contributed by atoms with Crippen LogP contribution in [0.4, 0.5) is 5.69 Å². The second-order valence-electron chi connectivity index (χ2n) is 9.64. The Morgan fingerprint density at radius 1 is 0.833 bits per heavy atom. The van der Waals surface area contributed by atoms with Gasteiger partial charge in [-0.15, -0.1) is 0 Å². The molecule has 5 rings (SSSR count). The molecule has 7 nitrogen and oxygen atoms in total. The van der Waals surface area contributed by atoms with Gasteiger partial charge in [0, 0.05) is 37.8 Å². The van der Waals surface area contributed by atoms with Crippen LogP contribution < -0.4 is 5.32 Å². The highest BCUT2D eigenvalue weighted by Gasteiger charge is 2.32. The number of benzene rings is 3. The van der Waals surface area contributed by atoms with Gasteiger partial charge in [0.2, 0.25) is 21.8 Å². The summed E-state index contributed by atoms with van der Waals surface area (Å²) in [4.78, 5) is 27.4. The van der Waals surface area contributed by atoms with Gasteiger partial charge < -0.3 is 10.2 Å². The van der Waals surface area contributed by atoms with Crippen LogP contribution in [0.5, 0.6) is 0 Å². The van der Waals surface area contributed by atoms with Crippen molar-refractivity contribution in [3.05, 3.63) is 72.3 Å². The minimum absolute atomic E-state index is 0.0985. The number of anilines is 1. The number of rotatable bonds is 6. The molecule has 3 aromatic carbocycles. The van der Waals surface area contributed by atoms with E-state index in [1.165, 1.54) is 4.31 Å². The molecule has 2 aliphatic heterocycles. The lowest BCUT2D eigenvalue weighted by atomic mass is 9.97. The van der Waals surface area contributed by atoms with E-state index in [0.717, 1.165) is 42.3 Å². The number of nitrogens with zero attached hydrogens (tertiary/aromatic N) is 2. The average Bonchev–Trinajstić information content (AvgIpc) is 3.45. The van der Waals surface area contributed by atoms with Crippen molar-refractivity contribution in [1.29, 1.82) is 0 Å². The molecule has 0 saturated carbocycles. The van der Waals surface area contributed by atoms with Crippen LogP contribution in [0, 0.1) is 5.92 Å². The maximum atomic E-state index is 13.2. The monoisotopic (exact) mass is 505 g/mol. The SMILES string of the molecule is O=C(Nc1ccc(CC(=O)N2CCCC2)cc1)C1CCN(S(=O)(=O)c2ccc3ccccc3c2)CC1. The van der Waals surface area contributed by atoms with E-state index in [4.69, 9.17) is 0 Å². The van der Waals surface area contributed by atoms with Crippen LogP contribution in [0.1, 0.15) is 31.2 Å². The third kappa shape index (κ3) is 5.29. The fourth-order valence-corrected chi connectivity index (χ4v) is 6.54. The Hall–Kier alpha value is -3.23. The van der Waals surface area contributed by atoms with Crippen molar-refractivity contribution in [3.63, 3.8) is 0 Å². The van der Waals surface area contributed by atoms with Gasteiger partial charge >= 0.3 is 0 Å². The molecule has 0 atom stereocenters. The molecule has 188 valence electrons. The summed E-state index contributed by atoms with van der Waals surface area (Å²) >= 11 is 0. The Bertz CT molecular complexity index is 1360. The fraction of sp³-hybridized carbons (Fsp3) is 0.357. The third-order valence-corrected chi connectivity index (χ3v) is 9.11. The zero-order valence-corrected chi connectivity index (χ0v) is 21.0. The predicted octanol–water partition coefficient (Wildman–Crippen LogP) is 4.04. The number of likely N-dealkylation sites (tertiary alicyclic amines) is 1. The predicted molar refractivity (Wildman–Crippen MR) is 140 cm³/mol. The molecule has 2 saturated heterocycles. The van der Waals surface area contributed by atoms with Crippen LogP contribution in [0.15, 0.2) is 71.6 Å². The van der Waals surface area contributed by atoms with E-state index in [-0.39, 0.29) is 22.6 Å². The summed E-state index contributed by atoms with van der Waals surface area (Å²) in [5, 5.41) is 4.84. The van der Waals surface area contributed by atoms with Gasteiger partial charge in [-0.05, 0) is 66.3 Å². The molecule has 2 amide bonds. The Balaban J connectivity index is 1.15. The van der Waals surface area contributed by atoms with Crippen LogP contribution >= 0.6 is 0 Å². The summed E-state index contributed by atoms with van der Waals surface area (Å²) < 4.78 is 27.9. The normalized spacial score (nSPS) is 17.4. The van der Waals surface area contributed by atoms with Crippen molar-refractivity contribution >= 4 is 38.3 Å². The third-order valence-electron chi connectivity index (χ3n) is 7.22. The largest absolute Gasteiger partial charge is 0.342 e. The summed E-state index contributed by atoms with van der Waals surface area (Å²) in [6.07, 6.45) is 3.47. The van der Waals surface area contributed by atoms with Gasteiger partial charge in [-0.25, -0.2) is 8.42 Å². The molecule has 0 unspecified atom stereocenters. The van der Waals surface area contributed by atoms with Crippen molar-refractivity contribution in [2.24, 2.45) is 5.92 Å². The number of nitrogens with one attached hydrogen (secondary N) is 1. The topological polar surface area (TPSA) is 86.8 Å². The second-order valence-corrected chi connectivity index (χ2v) is 11.6. The molecule has 2 fully saturated rings. The summed E-state index contributed by atoms with van der Waals surface area (Å²) in [5.74, 6) is -0.196. The number of carbonyl (C=O) groups is 2. The van der Waals surface area contributed by atoms with Crippen LogP contribution in [0.25, 0.3) is 10.8 Å². The van der Waals surface area contributed by atoms with E-state index in [1.807, 2.05) is 59.5 Å². The highest BCUT2D eigenvalue weighted by atomic mass is 32.2. The van der Waals surface area contributed by atoms with Gasteiger partial charge in [-0.3, -0.25) is 9.59 Å². The lowest BCUT2D eigenvalue weighted by molar-refractivity contribution is -0.129. The first-order chi connectivity index (χ1) is 17.4. The number of fused-ring (bicyclic) bond motifs is 1. The first-order valence-electron chi connectivity index (χ1n) is 12.6. The summed E-state index contributed by atoms with van der Waals surface area (Å²) in [6, 6.07) is 20.3. The number of amides is 2. The Morgan fingerprint density at radius 2 is 1.50 bits per heavy atom. The number of hydrogen-bond donors (Lipinski definition) is 1. The molecular formula is C28H31N3O4S. The lowest BCUT2D eigenvalue weighted by Crippen LogP contribution is -2.41. The maximum Gasteiger partial charge on any atom is 0.243 e. The highest BCUT2D eigenvalue weighted by molar-refractivity contribution is 7.89. The van der Waals surface area contributed by atoms with Gasteiger partial charge in [0.15, 0.2) is 0 Å². The van der Waals surface area contributed by atoms with E-state index in [9.17, 15) is 18.0 Å². The minimum Gasteiger partial charge on any atom is -0.342 e. The quantitative estimate of drug-likeness (QED) is 0.548. The Kier molecular flexibility index (Phi) is 7.07. The number of piperidine rings is 1. The van der Waals surface area contributed by atoms with Gasteiger partial charge in [0.1, 0.15) is 0 Å². The highest BCUT2D eigenvalue weighted by Crippen LogP contribution is 2.27. The van der Waals surface area contributed by atoms with Gasteiger partial charge in [-0.2, -0.15) is 4.31 Å². The van der Waals surface area contributed by atoms with Crippen LogP contribution in [0.3, 0.4) is 0 Å². The van der Waals surface area contributed by atoms with Crippen molar-refractivity contribution < 1.29 is 18.0 Å². The molecule has 0 spiro atoms. The number of hydrogen-bond acceptors (Lipinski definition) is 4. The Morgan fingerprint density at radius 3 is 2.19 bits per heavy atom. The molecular weight excluding hydrogens is 474 g/mol. The molecule has 36 heavy (non-hydrogen) atoms. The maximum absolute atomic E-state index is 13.2. The van der Waals surface area contributed by atoms with E-state index in [0.29, 0.717) is 38.0 Å². The molecule has 3 aromatic rings. The number of carbonyl (C=O) groups excluding carboxylic acids is 2. The summed E-state index contributed by atoms with van der Waals surface area (Å²) in [5.41, 5.74) is 1.61. The van der Waals surface area contributed by atoms with Crippen molar-refractivity contribution in [3.8, 4) is 0 Å². The lowest BCUT2D eigenvalue weighted by Gasteiger charge is -2.30. The molecule has 2 aliphatic rings. The molecule has 1 N–H and O–H groups in total. The molecule has 0 aliphatic carbocycles. The molecule has 0 aromatic heterocycles. The van der Waals surface area contributed by atoms with E-state index in [2.05, 4.69) is 5.32 Å². The summed E-state index contributed by atoms with van der Waals surface area (Å²) in [6.45, 7) is 2.31. The number of sulfonamides is 1. The van der Waals surface area contributed by atoms with Crippen LogP contribution in [0.2, 0.25) is 0 Å². The van der Waals surface area contributed by atoms with Gasteiger partial charge in [0.05, 0.1) is 11.3 Å². The standard InChI is InChI=1S/C28H31N3O4S/c32-27(30-15-3-4-16-30)19-21-7-10-25(11-8-21)29-28(33)23-13-17-31(18-14-23)36(34,35)26-12-9-22-5-1-2-6-24(22)20-26/h1-2,5-12,20,23H,3-4,13-19H2,(H,29,33). The first-order valence-corrected chi connectivity index (χ1v) is 14.0. The van der Waals surface area contributed by atoms with Crippen molar-refractivity contribution in [2.75, 3.05) is 31.5 Å². The zero-order chi connectivity index (χ0) is 25.1. The van der Waals surface area contributed by atoms with Gasteiger partial charge in [0.25, 0.3) is 0 Å². The Labute approximate surface area is 212 Å². The van der Waals surface area contributed by atoms with Crippen LogP contribution in [-0.4, -0.2) is 55.6 Å². The fourth-order valence-electron chi connectivity index (χ4n) is 5.04. The van der Waals surface area contributed by atoms with E-state index >= 15 is 0 Å². The average molecular weight is 506 g/mol. The molecule has 0 bridgehead atoms. The van der Waals surface area contributed by atoms with Crippen LogP contribution in [-0.2, 0) is 26.0 Å². The van der Waals surface area contributed by atoms with Crippen molar-refractivity contribution in [2.45, 2.75) is 37.0 Å².